The normalized spacial score (nSPS) is 21.1. The average Bonchev–Trinajstić information content (AvgIpc) is 2.49. The standard InChI is InChI=1S/C12H19BN2O3/c1-6-16-10-7-9(8-14-15-10)13-17-11(2,3)12(4,5)18-13/h7-8H,6H2,1-5H3. The first kappa shape index (κ1) is 13.3. The van der Waals surface area contributed by atoms with Gasteiger partial charge in [0.1, 0.15) is 0 Å². The van der Waals surface area contributed by atoms with Gasteiger partial charge in [0.05, 0.1) is 17.8 Å². The Kier molecular flexibility index (Phi) is 3.34. The monoisotopic (exact) mass is 250 g/mol. The fraction of sp³-hybridized carbons (Fsp3) is 0.667. The predicted molar refractivity (Wildman–Crippen MR) is 68.9 cm³/mol. The van der Waals surface area contributed by atoms with E-state index in [4.69, 9.17) is 14.0 Å². The number of rotatable bonds is 3. The molecule has 0 atom stereocenters. The molecule has 1 saturated heterocycles. The lowest BCUT2D eigenvalue weighted by molar-refractivity contribution is 0.00578. The van der Waals surface area contributed by atoms with E-state index < -0.39 is 7.12 Å². The maximum atomic E-state index is 5.94. The Balaban J connectivity index is 2.21. The van der Waals surface area contributed by atoms with E-state index in [0.717, 1.165) is 5.46 Å². The Morgan fingerprint density at radius 3 is 2.39 bits per heavy atom. The van der Waals surface area contributed by atoms with Gasteiger partial charge >= 0.3 is 7.12 Å². The third kappa shape index (κ3) is 2.35. The first-order chi connectivity index (χ1) is 8.36. The number of nitrogens with zero attached hydrogens (tertiary/aromatic N) is 2. The van der Waals surface area contributed by atoms with Gasteiger partial charge in [-0.1, -0.05) is 0 Å². The molecule has 1 aromatic rings. The van der Waals surface area contributed by atoms with Crippen LogP contribution < -0.4 is 10.2 Å². The molecule has 6 heteroatoms. The van der Waals surface area contributed by atoms with E-state index in [-0.39, 0.29) is 11.2 Å². The first-order valence-corrected chi connectivity index (χ1v) is 6.17. The van der Waals surface area contributed by atoms with Gasteiger partial charge in [0, 0.05) is 17.7 Å². The van der Waals surface area contributed by atoms with Gasteiger partial charge in [-0.3, -0.25) is 0 Å². The topological polar surface area (TPSA) is 53.5 Å². The van der Waals surface area contributed by atoms with Crippen LogP contribution in [0.25, 0.3) is 0 Å². The molecule has 0 radical (unpaired) electrons. The van der Waals surface area contributed by atoms with Crippen LogP contribution in [0, 0.1) is 0 Å². The summed E-state index contributed by atoms with van der Waals surface area (Å²) in [5.41, 5.74) is 0.117. The van der Waals surface area contributed by atoms with Crippen LogP contribution in [0.4, 0.5) is 0 Å². The summed E-state index contributed by atoms with van der Waals surface area (Å²) in [5.74, 6) is 0.490. The Bertz CT molecular complexity index is 421. The quantitative estimate of drug-likeness (QED) is 0.754. The van der Waals surface area contributed by atoms with Crippen LogP contribution in [0.2, 0.25) is 0 Å². The summed E-state index contributed by atoms with van der Waals surface area (Å²) in [6.45, 7) is 10.5. The summed E-state index contributed by atoms with van der Waals surface area (Å²) < 4.78 is 17.2. The van der Waals surface area contributed by atoms with E-state index in [0.29, 0.717) is 12.5 Å². The number of ether oxygens (including phenoxy) is 1. The minimum atomic E-state index is -0.426. The molecule has 0 unspecified atom stereocenters. The highest BCUT2D eigenvalue weighted by Crippen LogP contribution is 2.36. The molecular weight excluding hydrogens is 231 g/mol. The van der Waals surface area contributed by atoms with E-state index >= 15 is 0 Å². The van der Waals surface area contributed by atoms with Crippen LogP contribution in [-0.2, 0) is 9.31 Å². The molecule has 0 amide bonds. The molecule has 5 nitrogen and oxygen atoms in total. The first-order valence-electron chi connectivity index (χ1n) is 6.17. The summed E-state index contributed by atoms with van der Waals surface area (Å²) in [4.78, 5) is 0. The van der Waals surface area contributed by atoms with Crippen LogP contribution in [0.1, 0.15) is 34.6 Å². The third-order valence-corrected chi connectivity index (χ3v) is 3.47. The number of aromatic nitrogens is 2. The van der Waals surface area contributed by atoms with Gasteiger partial charge in [0.25, 0.3) is 0 Å². The molecule has 0 bridgehead atoms. The summed E-state index contributed by atoms with van der Waals surface area (Å²) >= 11 is 0. The second-order valence-corrected chi connectivity index (χ2v) is 5.35. The number of hydrogen-bond donors (Lipinski definition) is 0. The average molecular weight is 250 g/mol. The van der Waals surface area contributed by atoms with Gasteiger partial charge < -0.3 is 14.0 Å². The zero-order valence-corrected chi connectivity index (χ0v) is 11.6. The number of hydrogen-bond acceptors (Lipinski definition) is 5. The molecular formula is C12H19BN2O3. The second kappa shape index (κ2) is 4.51. The summed E-state index contributed by atoms with van der Waals surface area (Å²) in [6.07, 6.45) is 1.64. The minimum absolute atomic E-state index is 0.354. The van der Waals surface area contributed by atoms with Gasteiger partial charge in [-0.15, -0.1) is 5.10 Å². The van der Waals surface area contributed by atoms with Crippen LogP contribution in [0.3, 0.4) is 0 Å². The van der Waals surface area contributed by atoms with Crippen LogP contribution in [-0.4, -0.2) is 35.1 Å². The minimum Gasteiger partial charge on any atom is -0.477 e. The maximum Gasteiger partial charge on any atom is 0.496 e. The van der Waals surface area contributed by atoms with Crippen molar-refractivity contribution in [3.05, 3.63) is 12.3 Å². The largest absolute Gasteiger partial charge is 0.496 e. The molecule has 0 aliphatic carbocycles. The van der Waals surface area contributed by atoms with Crippen molar-refractivity contribution in [2.45, 2.75) is 45.8 Å². The van der Waals surface area contributed by atoms with E-state index in [2.05, 4.69) is 10.2 Å². The van der Waals surface area contributed by atoms with Gasteiger partial charge in [-0.2, -0.15) is 5.10 Å². The highest BCUT2D eigenvalue weighted by atomic mass is 16.7. The fourth-order valence-electron chi connectivity index (χ4n) is 1.69. The summed E-state index contributed by atoms with van der Waals surface area (Å²) in [6, 6.07) is 1.80. The predicted octanol–water partition coefficient (Wildman–Crippen LogP) is 1.17. The lowest BCUT2D eigenvalue weighted by Gasteiger charge is -2.32. The van der Waals surface area contributed by atoms with Crippen molar-refractivity contribution in [3.63, 3.8) is 0 Å². The Morgan fingerprint density at radius 1 is 1.22 bits per heavy atom. The molecule has 2 rings (SSSR count). The fourth-order valence-corrected chi connectivity index (χ4v) is 1.69. The highest BCUT2D eigenvalue weighted by molar-refractivity contribution is 6.62. The van der Waals surface area contributed by atoms with Crippen LogP contribution in [0.15, 0.2) is 12.3 Å². The van der Waals surface area contributed by atoms with Crippen molar-refractivity contribution in [2.75, 3.05) is 6.61 Å². The van der Waals surface area contributed by atoms with E-state index in [1.165, 1.54) is 0 Å². The van der Waals surface area contributed by atoms with Gasteiger partial charge in [-0.25, -0.2) is 0 Å². The van der Waals surface area contributed by atoms with Crippen LogP contribution in [0.5, 0.6) is 5.88 Å². The molecule has 0 aromatic carbocycles. The molecule has 98 valence electrons. The molecule has 1 fully saturated rings. The smallest absolute Gasteiger partial charge is 0.477 e. The second-order valence-electron chi connectivity index (χ2n) is 5.35. The van der Waals surface area contributed by atoms with Gasteiger partial charge in [-0.05, 0) is 34.6 Å². The molecule has 0 N–H and O–H groups in total. The SMILES string of the molecule is CCOc1cc(B2OC(C)(C)C(C)(C)O2)cnn1. The maximum absolute atomic E-state index is 5.94. The third-order valence-electron chi connectivity index (χ3n) is 3.47. The molecule has 2 heterocycles. The van der Waals surface area contributed by atoms with E-state index in [1.54, 1.807) is 12.3 Å². The van der Waals surface area contributed by atoms with Gasteiger partial charge in [0.2, 0.25) is 5.88 Å². The zero-order chi connectivity index (χ0) is 13.4. The van der Waals surface area contributed by atoms with Crippen molar-refractivity contribution < 1.29 is 14.0 Å². The molecule has 1 aliphatic heterocycles. The highest BCUT2D eigenvalue weighted by Gasteiger charge is 2.51. The Labute approximate surface area is 108 Å². The van der Waals surface area contributed by atoms with Crippen molar-refractivity contribution in [1.82, 2.24) is 10.2 Å². The molecule has 1 aromatic heterocycles. The molecule has 1 aliphatic rings. The van der Waals surface area contributed by atoms with Crippen molar-refractivity contribution in [3.8, 4) is 5.88 Å². The van der Waals surface area contributed by atoms with E-state index in [9.17, 15) is 0 Å². The van der Waals surface area contributed by atoms with Crippen molar-refractivity contribution in [2.24, 2.45) is 0 Å². The van der Waals surface area contributed by atoms with Crippen molar-refractivity contribution in [1.29, 1.82) is 0 Å². The Hall–Kier alpha value is -1.14. The molecule has 0 spiro atoms. The van der Waals surface area contributed by atoms with Crippen molar-refractivity contribution >= 4 is 12.6 Å². The lowest BCUT2D eigenvalue weighted by Crippen LogP contribution is -2.41. The molecule has 0 saturated carbocycles. The summed E-state index contributed by atoms with van der Waals surface area (Å²) in [7, 11) is -0.426. The molecule has 18 heavy (non-hydrogen) atoms. The lowest BCUT2D eigenvalue weighted by atomic mass is 9.81. The van der Waals surface area contributed by atoms with E-state index in [1.807, 2.05) is 34.6 Å². The zero-order valence-electron chi connectivity index (χ0n) is 11.6. The van der Waals surface area contributed by atoms with Gasteiger partial charge in [0.15, 0.2) is 0 Å². The Morgan fingerprint density at radius 2 is 1.83 bits per heavy atom. The summed E-state index contributed by atoms with van der Waals surface area (Å²) in [5, 5.41) is 7.80. The van der Waals surface area contributed by atoms with Crippen LogP contribution >= 0.6 is 0 Å².